The van der Waals surface area contributed by atoms with E-state index in [9.17, 15) is 13.2 Å². The van der Waals surface area contributed by atoms with E-state index in [1.165, 1.54) is 0 Å². The Morgan fingerprint density at radius 1 is 1.00 bits per heavy atom. The van der Waals surface area contributed by atoms with Gasteiger partial charge in [-0.25, -0.2) is 14.0 Å². The van der Waals surface area contributed by atoms with Gasteiger partial charge in [-0.2, -0.15) is 8.42 Å². The van der Waals surface area contributed by atoms with Crippen molar-refractivity contribution in [3.05, 3.63) is 98.8 Å². The van der Waals surface area contributed by atoms with E-state index in [2.05, 4.69) is 15.9 Å². The summed E-state index contributed by atoms with van der Waals surface area (Å²) in [6, 6.07) is 19.3. The number of imidazole rings is 1. The normalized spacial score (nSPS) is 16.8. The lowest BCUT2D eigenvalue weighted by Gasteiger charge is -2.19. The molecule has 36 heavy (non-hydrogen) atoms. The first-order valence-corrected chi connectivity index (χ1v) is 13.9. The fourth-order valence-corrected chi connectivity index (χ4v) is 6.28. The Morgan fingerprint density at radius 3 is 2.28 bits per heavy atom. The van der Waals surface area contributed by atoms with Crippen LogP contribution in [0.25, 0.3) is 16.9 Å². The average molecular weight is 606 g/mol. The molecule has 1 atom stereocenters. The summed E-state index contributed by atoms with van der Waals surface area (Å²) < 4.78 is 30.8. The van der Waals surface area contributed by atoms with Crippen molar-refractivity contribution in [1.82, 2.24) is 14.3 Å². The maximum Gasteiger partial charge on any atom is 0.326 e. The van der Waals surface area contributed by atoms with E-state index in [1.807, 2.05) is 45.8 Å². The number of anilines is 1. The second-order valence-electron chi connectivity index (χ2n) is 8.30. The lowest BCUT2D eigenvalue weighted by molar-refractivity contribution is -0.119. The molecular formula is C25H19BrCl2N4O3S. The van der Waals surface area contributed by atoms with Crippen LogP contribution in [-0.4, -0.2) is 29.9 Å². The van der Waals surface area contributed by atoms with Crippen LogP contribution in [0.15, 0.2) is 77.4 Å². The van der Waals surface area contributed by atoms with Crippen molar-refractivity contribution in [2.75, 3.05) is 4.31 Å². The number of nitrogens with zero attached hydrogens (tertiary/aromatic N) is 3. The molecule has 1 fully saturated rings. The maximum atomic E-state index is 12.4. The molecule has 1 N–H and O–H groups in total. The second-order valence-corrected chi connectivity index (χ2v) is 11.6. The zero-order valence-electron chi connectivity index (χ0n) is 18.8. The Kier molecular flexibility index (Phi) is 6.59. The van der Waals surface area contributed by atoms with Gasteiger partial charge in [-0.05, 0) is 67.1 Å². The Balaban J connectivity index is 1.56. The Bertz CT molecular complexity index is 1570. The van der Waals surface area contributed by atoms with Gasteiger partial charge >= 0.3 is 10.2 Å². The van der Waals surface area contributed by atoms with Crippen molar-refractivity contribution in [3.63, 3.8) is 0 Å². The Morgan fingerprint density at radius 2 is 1.67 bits per heavy atom. The van der Waals surface area contributed by atoms with E-state index in [4.69, 9.17) is 28.2 Å². The van der Waals surface area contributed by atoms with Crippen LogP contribution in [0.3, 0.4) is 0 Å². The van der Waals surface area contributed by atoms with E-state index in [1.54, 1.807) is 43.3 Å². The van der Waals surface area contributed by atoms with Gasteiger partial charge in [0.25, 0.3) is 5.91 Å². The van der Waals surface area contributed by atoms with Gasteiger partial charge in [0, 0.05) is 33.4 Å². The highest BCUT2D eigenvalue weighted by Gasteiger charge is 2.41. The summed E-state index contributed by atoms with van der Waals surface area (Å²) in [6.07, 6.45) is 2.44. The van der Waals surface area contributed by atoms with E-state index in [-0.39, 0.29) is 0 Å². The van der Waals surface area contributed by atoms with Crippen LogP contribution < -0.4 is 9.03 Å². The summed E-state index contributed by atoms with van der Waals surface area (Å²) in [7, 11) is -3.92. The highest BCUT2D eigenvalue weighted by molar-refractivity contribution is 9.10. The predicted octanol–water partition coefficient (Wildman–Crippen LogP) is 5.77. The number of aromatic nitrogens is 2. The van der Waals surface area contributed by atoms with Crippen LogP contribution in [0.4, 0.5) is 5.69 Å². The molecule has 4 aromatic rings. The minimum atomic E-state index is -3.92. The summed E-state index contributed by atoms with van der Waals surface area (Å²) >= 11 is 16.0. The third kappa shape index (κ3) is 4.76. The monoisotopic (exact) mass is 604 g/mol. The minimum absolute atomic E-state index is 0.389. The predicted molar refractivity (Wildman–Crippen MR) is 145 cm³/mol. The molecular weight excluding hydrogens is 587 g/mol. The number of halogens is 3. The number of amides is 1. The van der Waals surface area contributed by atoms with Crippen LogP contribution in [-0.2, 0) is 21.4 Å². The average Bonchev–Trinajstić information content (AvgIpc) is 3.32. The number of carbonyl (C=O) groups is 1. The van der Waals surface area contributed by atoms with Crippen molar-refractivity contribution in [3.8, 4) is 16.9 Å². The first-order valence-electron chi connectivity index (χ1n) is 10.9. The molecule has 0 bridgehead atoms. The number of carbonyl (C=O) groups excluding carboxylic acids is 1. The summed E-state index contributed by atoms with van der Waals surface area (Å²) in [5.41, 5.74) is 3.66. The molecule has 1 saturated heterocycles. The molecule has 7 nitrogen and oxygen atoms in total. The second kappa shape index (κ2) is 9.55. The number of benzene rings is 3. The summed E-state index contributed by atoms with van der Waals surface area (Å²) in [5, 5.41) is 1.02. The fraction of sp³-hybridized carbons (Fsp3) is 0.120. The lowest BCUT2D eigenvalue weighted by atomic mass is 10.1. The zero-order valence-corrected chi connectivity index (χ0v) is 22.7. The van der Waals surface area contributed by atoms with E-state index in [0.717, 1.165) is 31.4 Å². The molecule has 0 radical (unpaired) electrons. The third-order valence-electron chi connectivity index (χ3n) is 5.86. The Labute approximate surface area is 227 Å². The molecule has 184 valence electrons. The zero-order chi connectivity index (χ0) is 25.6. The van der Waals surface area contributed by atoms with Gasteiger partial charge in [-0.15, -0.1) is 0 Å². The van der Waals surface area contributed by atoms with Crippen molar-refractivity contribution < 1.29 is 13.2 Å². The van der Waals surface area contributed by atoms with E-state index in [0.29, 0.717) is 27.8 Å². The van der Waals surface area contributed by atoms with Gasteiger partial charge in [0.2, 0.25) is 0 Å². The number of hydrogen-bond donors (Lipinski definition) is 1. The first kappa shape index (κ1) is 24.8. The summed E-state index contributed by atoms with van der Waals surface area (Å²) in [5.74, 6) is 0.208. The molecule has 1 amide bonds. The van der Waals surface area contributed by atoms with Crippen LogP contribution in [0.2, 0.25) is 10.0 Å². The molecule has 5 rings (SSSR count). The maximum absolute atomic E-state index is 12.4. The summed E-state index contributed by atoms with van der Waals surface area (Å²) in [6.45, 7) is 1.54. The minimum Gasteiger partial charge on any atom is -0.303 e. The molecule has 0 saturated carbocycles. The highest BCUT2D eigenvalue weighted by Crippen LogP contribution is 2.32. The van der Waals surface area contributed by atoms with Gasteiger partial charge in [-0.3, -0.25) is 4.79 Å². The molecule has 1 aromatic heterocycles. The lowest BCUT2D eigenvalue weighted by Crippen LogP contribution is -2.33. The first-order chi connectivity index (χ1) is 17.1. The van der Waals surface area contributed by atoms with Gasteiger partial charge in [0.1, 0.15) is 11.9 Å². The largest absolute Gasteiger partial charge is 0.326 e. The molecule has 0 spiro atoms. The van der Waals surface area contributed by atoms with Gasteiger partial charge < -0.3 is 4.57 Å². The molecule has 3 aromatic carbocycles. The van der Waals surface area contributed by atoms with Crippen molar-refractivity contribution in [1.29, 1.82) is 0 Å². The molecule has 1 unspecified atom stereocenters. The topological polar surface area (TPSA) is 84.3 Å². The number of hydrogen-bond acceptors (Lipinski definition) is 4. The summed E-state index contributed by atoms with van der Waals surface area (Å²) in [4.78, 5) is 16.8. The van der Waals surface area contributed by atoms with Gasteiger partial charge in [0.05, 0.1) is 16.4 Å². The van der Waals surface area contributed by atoms with Crippen LogP contribution >= 0.6 is 39.1 Å². The number of nitrogens with one attached hydrogen (secondary N) is 1. The van der Waals surface area contributed by atoms with Gasteiger partial charge in [-0.1, -0.05) is 51.3 Å². The molecule has 1 aliphatic heterocycles. The van der Waals surface area contributed by atoms with E-state index >= 15 is 0 Å². The molecule has 0 aliphatic carbocycles. The Hall–Kier alpha value is -2.85. The van der Waals surface area contributed by atoms with Crippen molar-refractivity contribution in [2.45, 2.75) is 19.4 Å². The van der Waals surface area contributed by atoms with Gasteiger partial charge in [0.15, 0.2) is 0 Å². The number of rotatable bonds is 5. The van der Waals surface area contributed by atoms with Crippen LogP contribution in [0.1, 0.15) is 18.3 Å². The highest BCUT2D eigenvalue weighted by atomic mass is 79.9. The quantitative estimate of drug-likeness (QED) is 0.313. The van der Waals surface area contributed by atoms with E-state index < -0.39 is 22.2 Å². The SMILES string of the molecule is CC1C(=O)NS(=O)(=O)N1c1ccc(-n2cc(-c3ccc(Cl)cc3Cl)nc2Cc2ccc(Br)cc2)cc1. The van der Waals surface area contributed by atoms with Crippen molar-refractivity contribution >= 4 is 60.9 Å². The molecule has 11 heteroatoms. The fourth-order valence-electron chi connectivity index (χ4n) is 4.08. The molecule has 1 aliphatic rings. The van der Waals surface area contributed by atoms with Crippen LogP contribution in [0.5, 0.6) is 0 Å². The molecule has 2 heterocycles. The van der Waals surface area contributed by atoms with Crippen LogP contribution in [0, 0.1) is 0 Å². The smallest absolute Gasteiger partial charge is 0.303 e. The third-order valence-corrected chi connectivity index (χ3v) is 8.44. The van der Waals surface area contributed by atoms with Crippen molar-refractivity contribution in [2.24, 2.45) is 0 Å². The standard InChI is InChI=1S/C25H19BrCl2N4O3S/c1-15-25(33)30-36(34,35)32(15)20-9-7-19(8-10-20)31-14-23(21-11-6-18(27)13-22(21)28)29-24(31)12-16-2-4-17(26)5-3-16/h2-11,13-15H,12H2,1H3,(H,30,33).